The highest BCUT2D eigenvalue weighted by Gasteiger charge is 2.28. The Bertz CT molecular complexity index is 212. The molecule has 0 spiro atoms. The van der Waals surface area contributed by atoms with Gasteiger partial charge in [0.25, 0.3) is 0 Å². The molecule has 0 aromatic heterocycles. The maximum absolute atomic E-state index is 11.8. The molecule has 0 amide bonds. The minimum atomic E-state index is -4.16. The number of carbonyl (C=O) groups is 1. The van der Waals surface area contributed by atoms with E-state index in [2.05, 4.69) is 0 Å². The van der Waals surface area contributed by atoms with E-state index in [4.69, 9.17) is 4.74 Å². The van der Waals surface area contributed by atoms with Crippen LogP contribution in [0.5, 0.6) is 0 Å². The fraction of sp³-hybridized carbons (Fsp3) is 0.889. The van der Waals surface area contributed by atoms with E-state index in [-0.39, 0.29) is 18.6 Å². The molecule has 0 aliphatic carbocycles. The molecule has 1 saturated heterocycles. The summed E-state index contributed by atoms with van der Waals surface area (Å²) in [5, 5.41) is 0. The Morgan fingerprint density at radius 3 is 2.73 bits per heavy atom. The van der Waals surface area contributed by atoms with Gasteiger partial charge in [0, 0.05) is 24.3 Å². The van der Waals surface area contributed by atoms with Crippen LogP contribution in [0.2, 0.25) is 0 Å². The molecule has 88 valence electrons. The summed E-state index contributed by atoms with van der Waals surface area (Å²) < 4.78 is 40.6. The zero-order valence-electron chi connectivity index (χ0n) is 8.18. The second-order valence-electron chi connectivity index (χ2n) is 3.37. The molecule has 0 aromatic carbocycles. The normalized spacial score (nSPS) is 22.7. The first-order valence-electron chi connectivity index (χ1n) is 4.78. The minimum Gasteiger partial charge on any atom is -0.369 e. The fourth-order valence-corrected chi connectivity index (χ4v) is 2.17. The van der Waals surface area contributed by atoms with Gasteiger partial charge in [0.2, 0.25) is 0 Å². The summed E-state index contributed by atoms with van der Waals surface area (Å²) in [5.41, 5.74) is 0. The van der Waals surface area contributed by atoms with E-state index in [0.717, 1.165) is 5.75 Å². The number of ether oxygens (including phenoxy) is 1. The number of thioether (sulfide) groups is 1. The number of carbonyl (C=O) groups excluding carboxylic acids is 1. The van der Waals surface area contributed by atoms with Crippen LogP contribution in [0.3, 0.4) is 0 Å². The molecule has 1 unspecified atom stereocenters. The summed E-state index contributed by atoms with van der Waals surface area (Å²) in [7, 11) is 0. The van der Waals surface area contributed by atoms with E-state index >= 15 is 0 Å². The highest BCUT2D eigenvalue weighted by Crippen LogP contribution is 2.23. The summed E-state index contributed by atoms with van der Waals surface area (Å²) in [6, 6.07) is 0. The van der Waals surface area contributed by atoms with Crippen molar-refractivity contribution in [3.63, 3.8) is 0 Å². The Hall–Kier alpha value is -0.230. The average Bonchev–Trinajstić information content (AvgIpc) is 2.17. The van der Waals surface area contributed by atoms with E-state index < -0.39 is 18.7 Å². The van der Waals surface area contributed by atoms with E-state index in [1.54, 1.807) is 11.8 Å². The predicted molar refractivity (Wildman–Crippen MR) is 52.0 cm³/mol. The van der Waals surface area contributed by atoms with Crippen LogP contribution in [0.15, 0.2) is 0 Å². The zero-order chi connectivity index (χ0) is 11.3. The summed E-state index contributed by atoms with van der Waals surface area (Å²) in [4.78, 5) is 11.4. The Kier molecular flexibility index (Phi) is 4.92. The van der Waals surface area contributed by atoms with Gasteiger partial charge in [0.1, 0.15) is 6.10 Å². The number of hydrogen-bond acceptors (Lipinski definition) is 3. The first-order chi connectivity index (χ1) is 6.99. The van der Waals surface area contributed by atoms with Crippen LogP contribution in [0, 0.1) is 0 Å². The van der Waals surface area contributed by atoms with Gasteiger partial charge in [0.05, 0.1) is 6.61 Å². The number of hydrogen-bond donors (Lipinski definition) is 0. The third-order valence-corrected chi connectivity index (χ3v) is 3.05. The SMILES string of the molecule is O=C(CCCC(F)(F)F)C1CSCCO1. The molecule has 1 aliphatic rings. The van der Waals surface area contributed by atoms with E-state index in [0.29, 0.717) is 12.4 Å². The van der Waals surface area contributed by atoms with Crippen molar-refractivity contribution in [2.24, 2.45) is 0 Å². The van der Waals surface area contributed by atoms with E-state index in [9.17, 15) is 18.0 Å². The molecule has 0 N–H and O–H groups in total. The van der Waals surface area contributed by atoms with Crippen LogP contribution < -0.4 is 0 Å². The van der Waals surface area contributed by atoms with Crippen molar-refractivity contribution in [3.05, 3.63) is 0 Å². The molecule has 1 fully saturated rings. The van der Waals surface area contributed by atoms with Crippen molar-refractivity contribution in [2.75, 3.05) is 18.1 Å². The highest BCUT2D eigenvalue weighted by atomic mass is 32.2. The summed E-state index contributed by atoms with van der Waals surface area (Å²) in [6.45, 7) is 0.514. The van der Waals surface area contributed by atoms with Crippen molar-refractivity contribution < 1.29 is 22.7 Å². The Morgan fingerprint density at radius 1 is 1.47 bits per heavy atom. The van der Waals surface area contributed by atoms with Crippen molar-refractivity contribution >= 4 is 17.5 Å². The second kappa shape index (κ2) is 5.75. The summed E-state index contributed by atoms with van der Waals surface area (Å²) in [6.07, 6.45) is -5.71. The molecule has 1 aliphatic heterocycles. The first-order valence-corrected chi connectivity index (χ1v) is 5.93. The van der Waals surface area contributed by atoms with Crippen molar-refractivity contribution in [1.82, 2.24) is 0 Å². The molecule has 0 saturated carbocycles. The van der Waals surface area contributed by atoms with Gasteiger partial charge in [-0.15, -0.1) is 0 Å². The van der Waals surface area contributed by atoms with Gasteiger partial charge >= 0.3 is 6.18 Å². The lowest BCUT2D eigenvalue weighted by molar-refractivity contribution is -0.139. The molecule has 1 atom stereocenters. The lowest BCUT2D eigenvalue weighted by Gasteiger charge is -2.20. The van der Waals surface area contributed by atoms with Gasteiger partial charge in [0.15, 0.2) is 5.78 Å². The molecule has 0 bridgehead atoms. The Morgan fingerprint density at radius 2 is 2.20 bits per heavy atom. The van der Waals surface area contributed by atoms with Crippen molar-refractivity contribution in [3.8, 4) is 0 Å². The topological polar surface area (TPSA) is 26.3 Å². The van der Waals surface area contributed by atoms with Gasteiger partial charge in [-0.05, 0) is 6.42 Å². The maximum Gasteiger partial charge on any atom is 0.389 e. The van der Waals surface area contributed by atoms with Gasteiger partial charge < -0.3 is 4.74 Å². The number of alkyl halides is 3. The summed E-state index contributed by atoms with van der Waals surface area (Å²) in [5.74, 6) is 1.23. The smallest absolute Gasteiger partial charge is 0.369 e. The number of halogens is 3. The molecule has 2 nitrogen and oxygen atoms in total. The minimum absolute atomic E-state index is 0.0370. The molecule has 1 rings (SSSR count). The third-order valence-electron chi connectivity index (χ3n) is 2.06. The van der Waals surface area contributed by atoms with E-state index in [1.165, 1.54) is 0 Å². The van der Waals surface area contributed by atoms with E-state index in [1.807, 2.05) is 0 Å². The van der Waals surface area contributed by atoms with Gasteiger partial charge in [-0.25, -0.2) is 0 Å². The van der Waals surface area contributed by atoms with Crippen LogP contribution in [0.4, 0.5) is 13.2 Å². The quantitative estimate of drug-likeness (QED) is 0.757. The second-order valence-corrected chi connectivity index (χ2v) is 4.52. The van der Waals surface area contributed by atoms with Crippen LogP contribution in [0.25, 0.3) is 0 Å². The van der Waals surface area contributed by atoms with Crippen LogP contribution in [-0.4, -0.2) is 36.2 Å². The third kappa shape index (κ3) is 5.41. The zero-order valence-corrected chi connectivity index (χ0v) is 9.00. The Balaban J connectivity index is 2.17. The van der Waals surface area contributed by atoms with Gasteiger partial charge in [-0.3, -0.25) is 4.79 Å². The van der Waals surface area contributed by atoms with Crippen LogP contribution in [0.1, 0.15) is 19.3 Å². The van der Waals surface area contributed by atoms with Crippen molar-refractivity contribution in [1.29, 1.82) is 0 Å². The summed E-state index contributed by atoms with van der Waals surface area (Å²) >= 11 is 1.60. The lowest BCUT2D eigenvalue weighted by Crippen LogP contribution is -2.31. The largest absolute Gasteiger partial charge is 0.389 e. The van der Waals surface area contributed by atoms with Crippen LogP contribution >= 0.6 is 11.8 Å². The fourth-order valence-electron chi connectivity index (χ4n) is 1.30. The predicted octanol–water partition coefficient (Wildman–Crippen LogP) is 2.42. The lowest BCUT2D eigenvalue weighted by atomic mass is 10.1. The van der Waals surface area contributed by atoms with Gasteiger partial charge in [-0.1, -0.05) is 0 Å². The number of rotatable bonds is 4. The first kappa shape index (κ1) is 12.8. The molecule has 6 heteroatoms. The number of Topliss-reactive ketones (excluding diaryl/α,β-unsaturated/α-hetero) is 1. The maximum atomic E-state index is 11.8. The molecule has 15 heavy (non-hydrogen) atoms. The molecular weight excluding hydrogens is 229 g/mol. The standard InChI is InChI=1S/C9H13F3O2S/c10-9(11,12)3-1-2-7(13)8-6-15-5-4-14-8/h8H,1-6H2. The monoisotopic (exact) mass is 242 g/mol. The Labute approximate surface area is 90.5 Å². The molecule has 1 heterocycles. The number of ketones is 1. The molecule has 0 aromatic rings. The van der Waals surface area contributed by atoms with Crippen molar-refractivity contribution in [2.45, 2.75) is 31.5 Å². The van der Waals surface area contributed by atoms with Gasteiger partial charge in [-0.2, -0.15) is 24.9 Å². The highest BCUT2D eigenvalue weighted by molar-refractivity contribution is 7.99. The molecule has 0 radical (unpaired) electrons. The molecular formula is C9H13F3O2S. The van der Waals surface area contributed by atoms with Crippen LogP contribution in [-0.2, 0) is 9.53 Å². The average molecular weight is 242 g/mol.